The molecule has 4 N–H and O–H groups in total. The van der Waals surface area contributed by atoms with Gasteiger partial charge in [-0.2, -0.15) is 0 Å². The minimum atomic E-state index is 0.205. The molecule has 0 spiro atoms. The van der Waals surface area contributed by atoms with E-state index in [4.69, 9.17) is 18.0 Å². The molecule has 1 rings (SSSR count). The maximum atomic E-state index is 5.22. The number of hydrogen-bond acceptors (Lipinski definition) is 2. The summed E-state index contributed by atoms with van der Waals surface area (Å²) in [7, 11) is 0. The summed E-state index contributed by atoms with van der Waals surface area (Å²) in [4.78, 5) is 2.08. The van der Waals surface area contributed by atoms with Crippen LogP contribution in [0.5, 0.6) is 0 Å². The Labute approximate surface area is 82.4 Å². The van der Waals surface area contributed by atoms with E-state index in [1.807, 2.05) is 0 Å². The number of thiocarbonyl (C=S) groups is 2. The van der Waals surface area contributed by atoms with Crippen molar-refractivity contribution in [1.29, 1.82) is 0 Å². The first-order chi connectivity index (χ1) is 5.70. The van der Waals surface area contributed by atoms with Gasteiger partial charge < -0.3 is 10.6 Å². The van der Waals surface area contributed by atoms with Gasteiger partial charge in [0.2, 0.25) is 0 Å². The predicted octanol–water partition coefficient (Wildman–Crippen LogP) is -0.295. The zero-order valence-electron chi connectivity index (χ0n) is 6.67. The molecule has 12 heavy (non-hydrogen) atoms. The maximum absolute atomic E-state index is 5.22. The van der Waals surface area contributed by atoms with Crippen LogP contribution in [0.1, 0.15) is 12.8 Å². The Bertz CT molecular complexity index is 188. The van der Waals surface area contributed by atoms with E-state index in [0.29, 0.717) is 5.11 Å². The molecule has 0 unspecified atom stereocenters. The molecule has 68 valence electrons. The van der Waals surface area contributed by atoms with Gasteiger partial charge in [0.05, 0.1) is 0 Å². The average Bonchev–Trinajstić information content (AvgIpc) is 2.51. The molecule has 0 aliphatic carbocycles. The van der Waals surface area contributed by atoms with Gasteiger partial charge in [-0.25, -0.2) is 0 Å². The van der Waals surface area contributed by atoms with Crippen molar-refractivity contribution in [2.24, 2.45) is 5.73 Å². The van der Waals surface area contributed by atoms with Gasteiger partial charge in [0.15, 0.2) is 10.2 Å². The van der Waals surface area contributed by atoms with E-state index in [-0.39, 0.29) is 5.11 Å². The van der Waals surface area contributed by atoms with Crippen LogP contribution in [0.15, 0.2) is 0 Å². The summed E-state index contributed by atoms with van der Waals surface area (Å²) in [6.07, 6.45) is 2.41. The highest BCUT2D eigenvalue weighted by Gasteiger charge is 2.13. The van der Waals surface area contributed by atoms with Gasteiger partial charge in [0.1, 0.15) is 0 Å². The van der Waals surface area contributed by atoms with Crippen LogP contribution in [0.4, 0.5) is 0 Å². The summed E-state index contributed by atoms with van der Waals surface area (Å²) in [5, 5.41) is 0.872. The second-order valence-electron chi connectivity index (χ2n) is 2.61. The Balaban J connectivity index is 2.23. The van der Waals surface area contributed by atoms with Crippen LogP contribution in [0.25, 0.3) is 0 Å². The lowest BCUT2D eigenvalue weighted by Crippen LogP contribution is -2.49. The van der Waals surface area contributed by atoms with Crippen molar-refractivity contribution in [2.75, 3.05) is 13.1 Å². The predicted molar refractivity (Wildman–Crippen MR) is 56.5 cm³/mol. The first kappa shape index (κ1) is 9.47. The molecule has 0 saturated carbocycles. The summed E-state index contributed by atoms with van der Waals surface area (Å²) in [5.74, 6) is 0. The molecule has 0 aromatic heterocycles. The number of rotatable bonds is 0. The molecule has 1 saturated heterocycles. The summed E-state index contributed by atoms with van der Waals surface area (Å²) >= 11 is 9.68. The van der Waals surface area contributed by atoms with E-state index in [1.54, 1.807) is 0 Å². The minimum absolute atomic E-state index is 0.205. The quantitative estimate of drug-likeness (QED) is 0.372. The van der Waals surface area contributed by atoms with Crippen molar-refractivity contribution in [3.63, 3.8) is 0 Å². The summed E-state index contributed by atoms with van der Waals surface area (Å²) in [6, 6.07) is 0. The van der Waals surface area contributed by atoms with Gasteiger partial charge in [-0.1, -0.05) is 0 Å². The van der Waals surface area contributed by atoms with Crippen molar-refractivity contribution in [3.05, 3.63) is 0 Å². The third-order valence-electron chi connectivity index (χ3n) is 1.69. The van der Waals surface area contributed by atoms with Gasteiger partial charge >= 0.3 is 0 Å². The van der Waals surface area contributed by atoms with Gasteiger partial charge in [0.25, 0.3) is 0 Å². The SMILES string of the molecule is NC(=S)NNC(=S)N1CCCC1. The molecule has 1 heterocycles. The van der Waals surface area contributed by atoms with Crippen LogP contribution in [0, 0.1) is 0 Å². The summed E-state index contributed by atoms with van der Waals surface area (Å²) < 4.78 is 0. The number of nitrogens with zero attached hydrogens (tertiary/aromatic N) is 1. The van der Waals surface area contributed by atoms with E-state index in [1.165, 1.54) is 12.8 Å². The summed E-state index contributed by atoms with van der Waals surface area (Å²) in [6.45, 7) is 2.04. The number of nitrogens with one attached hydrogen (secondary N) is 2. The fraction of sp³-hybridized carbons (Fsp3) is 0.667. The third-order valence-corrected chi connectivity index (χ3v) is 2.15. The number of hydrogen-bond donors (Lipinski definition) is 3. The van der Waals surface area contributed by atoms with Crippen LogP contribution in [-0.4, -0.2) is 28.2 Å². The molecule has 0 radical (unpaired) electrons. The maximum Gasteiger partial charge on any atom is 0.187 e. The van der Waals surface area contributed by atoms with Crippen LogP contribution >= 0.6 is 24.4 Å². The van der Waals surface area contributed by atoms with Gasteiger partial charge in [0, 0.05) is 13.1 Å². The molecule has 1 aliphatic rings. The fourth-order valence-electron chi connectivity index (χ4n) is 1.11. The van der Waals surface area contributed by atoms with Crippen LogP contribution in [0.2, 0.25) is 0 Å². The second kappa shape index (κ2) is 4.42. The highest BCUT2D eigenvalue weighted by Crippen LogP contribution is 2.06. The minimum Gasteiger partial charge on any atom is -0.375 e. The van der Waals surface area contributed by atoms with E-state index in [9.17, 15) is 0 Å². The molecule has 1 aliphatic heterocycles. The molecule has 0 aromatic carbocycles. The lowest BCUT2D eigenvalue weighted by Gasteiger charge is -2.19. The first-order valence-corrected chi connectivity index (χ1v) is 4.62. The topological polar surface area (TPSA) is 53.3 Å². The second-order valence-corrected chi connectivity index (χ2v) is 3.44. The fourth-order valence-corrected chi connectivity index (χ4v) is 1.40. The van der Waals surface area contributed by atoms with Gasteiger partial charge in [-0.05, 0) is 37.3 Å². The monoisotopic (exact) mass is 204 g/mol. The van der Waals surface area contributed by atoms with Crippen LogP contribution in [0.3, 0.4) is 0 Å². The molecule has 0 aromatic rings. The highest BCUT2D eigenvalue weighted by molar-refractivity contribution is 7.80. The molecule has 0 atom stereocenters. The molecule has 6 heteroatoms. The molecule has 4 nitrogen and oxygen atoms in total. The Morgan fingerprint density at radius 2 is 1.75 bits per heavy atom. The Morgan fingerprint density at radius 1 is 1.17 bits per heavy atom. The number of hydrazine groups is 1. The van der Waals surface area contributed by atoms with Crippen molar-refractivity contribution in [2.45, 2.75) is 12.8 Å². The van der Waals surface area contributed by atoms with E-state index in [0.717, 1.165) is 13.1 Å². The first-order valence-electron chi connectivity index (χ1n) is 3.80. The molecule has 0 amide bonds. The number of nitrogens with two attached hydrogens (primary N) is 1. The number of likely N-dealkylation sites (tertiary alicyclic amines) is 1. The molecule has 0 bridgehead atoms. The molecular weight excluding hydrogens is 192 g/mol. The van der Waals surface area contributed by atoms with Crippen molar-refractivity contribution in [3.8, 4) is 0 Å². The van der Waals surface area contributed by atoms with Crippen molar-refractivity contribution in [1.82, 2.24) is 15.8 Å². The highest BCUT2D eigenvalue weighted by atomic mass is 32.1. The standard InChI is InChI=1S/C6H12N4S2/c7-5(11)8-9-6(12)10-3-1-2-4-10/h1-4H2,(H,9,12)(H3,7,8,11). The van der Waals surface area contributed by atoms with Crippen molar-refractivity contribution < 1.29 is 0 Å². The lowest BCUT2D eigenvalue weighted by molar-refractivity contribution is 0.503. The van der Waals surface area contributed by atoms with E-state index in [2.05, 4.69) is 28.0 Å². The van der Waals surface area contributed by atoms with Crippen LogP contribution in [-0.2, 0) is 0 Å². The Hall–Kier alpha value is -0.620. The average molecular weight is 204 g/mol. The summed E-state index contributed by atoms with van der Waals surface area (Å²) in [5.41, 5.74) is 10.6. The Kier molecular flexibility index (Phi) is 3.48. The van der Waals surface area contributed by atoms with Gasteiger partial charge in [-0.15, -0.1) is 0 Å². The largest absolute Gasteiger partial charge is 0.375 e. The zero-order chi connectivity index (χ0) is 8.97. The molecule has 1 fully saturated rings. The lowest BCUT2D eigenvalue weighted by atomic mass is 10.4. The molecular formula is C6H12N4S2. The van der Waals surface area contributed by atoms with E-state index >= 15 is 0 Å². The zero-order valence-corrected chi connectivity index (χ0v) is 8.30. The van der Waals surface area contributed by atoms with Crippen molar-refractivity contribution >= 4 is 34.7 Å². The van der Waals surface area contributed by atoms with Crippen LogP contribution < -0.4 is 16.6 Å². The third kappa shape index (κ3) is 2.78. The normalized spacial score (nSPS) is 15.8. The van der Waals surface area contributed by atoms with Gasteiger partial charge in [-0.3, -0.25) is 10.9 Å². The van der Waals surface area contributed by atoms with E-state index < -0.39 is 0 Å². The smallest absolute Gasteiger partial charge is 0.187 e. The Morgan fingerprint density at radius 3 is 2.25 bits per heavy atom.